The first kappa shape index (κ1) is 16.4. The van der Waals surface area contributed by atoms with E-state index in [1.807, 2.05) is 6.21 Å². The predicted molar refractivity (Wildman–Crippen MR) is 102 cm³/mol. The van der Waals surface area contributed by atoms with Crippen LogP contribution in [0.3, 0.4) is 0 Å². The normalized spacial score (nSPS) is 23.3. The Labute approximate surface area is 150 Å². The lowest BCUT2D eigenvalue weighted by atomic mass is 9.89. The highest BCUT2D eigenvalue weighted by atomic mass is 16.5. The molecule has 2 fully saturated rings. The van der Waals surface area contributed by atoms with E-state index in [-0.39, 0.29) is 6.10 Å². The van der Waals surface area contributed by atoms with Gasteiger partial charge in [-0.05, 0) is 68.2 Å². The van der Waals surface area contributed by atoms with Gasteiger partial charge >= 0.3 is 0 Å². The van der Waals surface area contributed by atoms with Gasteiger partial charge in [0.2, 0.25) is 0 Å². The van der Waals surface area contributed by atoms with Crippen LogP contribution in [-0.4, -0.2) is 25.5 Å². The summed E-state index contributed by atoms with van der Waals surface area (Å²) in [6.07, 6.45) is 10.3. The molecule has 0 spiro atoms. The van der Waals surface area contributed by atoms with E-state index in [4.69, 9.17) is 10.5 Å². The van der Waals surface area contributed by atoms with Crippen molar-refractivity contribution < 1.29 is 4.74 Å². The van der Waals surface area contributed by atoms with Crippen LogP contribution >= 0.6 is 0 Å². The molecule has 3 nitrogen and oxygen atoms in total. The third kappa shape index (κ3) is 4.14. The number of aliphatic imine (C=N–C) groups is 1. The van der Waals surface area contributed by atoms with Gasteiger partial charge in [-0.25, -0.2) is 0 Å². The Balaban J connectivity index is 1.45. The molecule has 2 aliphatic carbocycles. The molecule has 0 aromatic heterocycles. The lowest BCUT2D eigenvalue weighted by molar-refractivity contribution is 0.0226. The molecule has 1 aliphatic heterocycles. The van der Waals surface area contributed by atoms with E-state index in [0.29, 0.717) is 5.92 Å². The maximum atomic E-state index is 6.41. The topological polar surface area (TPSA) is 47.6 Å². The second kappa shape index (κ2) is 7.45. The van der Waals surface area contributed by atoms with Gasteiger partial charge in [-0.15, -0.1) is 0 Å². The van der Waals surface area contributed by atoms with E-state index >= 15 is 0 Å². The Morgan fingerprint density at radius 2 is 2.12 bits per heavy atom. The first-order valence-corrected chi connectivity index (χ1v) is 9.54. The maximum absolute atomic E-state index is 6.41. The fourth-order valence-corrected chi connectivity index (χ4v) is 3.50. The molecule has 130 valence electrons. The molecule has 1 aromatic carbocycles. The quantitative estimate of drug-likeness (QED) is 0.677. The summed E-state index contributed by atoms with van der Waals surface area (Å²) in [6.45, 7) is 1.63. The zero-order valence-corrected chi connectivity index (χ0v) is 14.8. The largest absolute Gasteiger partial charge is 0.398 e. The molecule has 3 heteroatoms. The summed E-state index contributed by atoms with van der Waals surface area (Å²) in [5, 5.41) is 0. The lowest BCUT2D eigenvalue weighted by Crippen LogP contribution is -2.22. The summed E-state index contributed by atoms with van der Waals surface area (Å²) < 4.78 is 5.73. The van der Waals surface area contributed by atoms with Gasteiger partial charge < -0.3 is 10.5 Å². The summed E-state index contributed by atoms with van der Waals surface area (Å²) in [4.78, 5) is 4.61. The van der Waals surface area contributed by atoms with E-state index < -0.39 is 0 Å². The van der Waals surface area contributed by atoms with E-state index in [2.05, 4.69) is 35.0 Å². The monoisotopic (exact) mass is 334 g/mol. The van der Waals surface area contributed by atoms with Crippen LogP contribution in [0.4, 0.5) is 0 Å². The fraction of sp³-hybridized carbons (Fsp3) is 0.500. The smallest absolute Gasteiger partial charge is 0.0770 e. The van der Waals surface area contributed by atoms with Crippen LogP contribution in [0.15, 0.2) is 28.8 Å². The molecular weight excluding hydrogens is 308 g/mol. The summed E-state index contributed by atoms with van der Waals surface area (Å²) in [6, 6.07) is 6.43. The molecule has 1 saturated carbocycles. The zero-order valence-electron chi connectivity index (χ0n) is 14.8. The first-order chi connectivity index (χ1) is 12.3. The van der Waals surface area contributed by atoms with Crippen molar-refractivity contribution in [2.45, 2.75) is 51.0 Å². The van der Waals surface area contributed by atoms with Gasteiger partial charge in [0.25, 0.3) is 0 Å². The molecule has 0 radical (unpaired) electrons. The molecule has 1 saturated heterocycles. The zero-order chi connectivity index (χ0) is 17.1. The van der Waals surface area contributed by atoms with Crippen LogP contribution < -0.4 is 5.73 Å². The molecular formula is C22H26N2O. The summed E-state index contributed by atoms with van der Waals surface area (Å²) >= 11 is 0. The van der Waals surface area contributed by atoms with Gasteiger partial charge in [0.15, 0.2) is 0 Å². The second-order valence-electron chi connectivity index (χ2n) is 7.34. The average molecular weight is 334 g/mol. The highest BCUT2D eigenvalue weighted by Gasteiger charge is 2.19. The SMILES string of the molecule is NC1=C(C=NCC2CCCCO2)CCc2cc(C#CC3CC3)ccc21. The fourth-order valence-electron chi connectivity index (χ4n) is 3.50. The molecule has 3 aliphatic rings. The highest BCUT2D eigenvalue weighted by molar-refractivity contribution is 5.91. The minimum atomic E-state index is 0.287. The Hall–Kier alpha value is -2.05. The third-order valence-electron chi connectivity index (χ3n) is 5.23. The number of allylic oxidation sites excluding steroid dienone is 1. The predicted octanol–water partition coefficient (Wildman–Crippen LogP) is 3.70. The summed E-state index contributed by atoms with van der Waals surface area (Å²) in [5.41, 5.74) is 12.0. The maximum Gasteiger partial charge on any atom is 0.0770 e. The molecule has 0 amide bonds. The number of benzene rings is 1. The molecule has 1 heterocycles. The minimum Gasteiger partial charge on any atom is -0.398 e. The molecule has 1 atom stereocenters. The average Bonchev–Trinajstić information content (AvgIpc) is 3.47. The van der Waals surface area contributed by atoms with Crippen LogP contribution in [0.1, 0.15) is 55.2 Å². The van der Waals surface area contributed by atoms with Crippen molar-refractivity contribution in [2.75, 3.05) is 13.2 Å². The van der Waals surface area contributed by atoms with Gasteiger partial charge in [-0.3, -0.25) is 4.99 Å². The Bertz CT molecular complexity index is 756. The Morgan fingerprint density at radius 3 is 2.92 bits per heavy atom. The number of nitrogens with zero attached hydrogens (tertiary/aromatic N) is 1. The van der Waals surface area contributed by atoms with E-state index in [1.54, 1.807) is 0 Å². The number of rotatable bonds is 3. The number of fused-ring (bicyclic) bond motifs is 1. The van der Waals surface area contributed by atoms with Gasteiger partial charge in [-0.2, -0.15) is 0 Å². The molecule has 25 heavy (non-hydrogen) atoms. The van der Waals surface area contributed by atoms with Crippen molar-refractivity contribution >= 4 is 11.9 Å². The van der Waals surface area contributed by atoms with Crippen LogP contribution in [0.5, 0.6) is 0 Å². The lowest BCUT2D eigenvalue weighted by Gasteiger charge is -2.21. The number of ether oxygens (including phenoxy) is 1. The second-order valence-corrected chi connectivity index (χ2v) is 7.34. The van der Waals surface area contributed by atoms with E-state index in [9.17, 15) is 0 Å². The van der Waals surface area contributed by atoms with E-state index in [0.717, 1.165) is 54.8 Å². The number of aryl methyl sites for hydroxylation is 1. The molecule has 0 bridgehead atoms. The van der Waals surface area contributed by atoms with Gasteiger partial charge in [0.1, 0.15) is 0 Å². The van der Waals surface area contributed by atoms with E-state index in [1.165, 1.54) is 31.2 Å². The molecule has 1 aromatic rings. The van der Waals surface area contributed by atoms with Crippen molar-refractivity contribution in [3.8, 4) is 11.8 Å². The summed E-state index contributed by atoms with van der Waals surface area (Å²) in [7, 11) is 0. The summed E-state index contributed by atoms with van der Waals surface area (Å²) in [5.74, 6) is 7.27. The Morgan fingerprint density at radius 1 is 1.20 bits per heavy atom. The molecule has 2 N–H and O–H groups in total. The van der Waals surface area contributed by atoms with Gasteiger partial charge in [0.05, 0.1) is 12.6 Å². The molecule has 1 unspecified atom stereocenters. The van der Waals surface area contributed by atoms with Crippen LogP contribution in [0, 0.1) is 17.8 Å². The third-order valence-corrected chi connectivity index (χ3v) is 5.23. The number of nitrogens with two attached hydrogens (primary N) is 1. The van der Waals surface area contributed by atoms with Crippen molar-refractivity contribution in [3.05, 3.63) is 40.5 Å². The van der Waals surface area contributed by atoms with Crippen molar-refractivity contribution in [1.29, 1.82) is 0 Å². The minimum absolute atomic E-state index is 0.287. The number of hydrogen-bond donors (Lipinski definition) is 1. The molecule has 4 rings (SSSR count). The standard InChI is InChI=1S/C22H26N2O/c23-22-19(14-24-15-20-3-1-2-12-25-20)10-9-18-13-17(8-11-21(18)22)7-6-16-4-5-16/h8,11,13-14,16,20H,1-5,9-10,12,15,23H2. The van der Waals surface area contributed by atoms with Crippen molar-refractivity contribution in [2.24, 2.45) is 16.6 Å². The van der Waals surface area contributed by atoms with Gasteiger partial charge in [0, 0.05) is 35.6 Å². The van der Waals surface area contributed by atoms with Crippen molar-refractivity contribution in [1.82, 2.24) is 0 Å². The Kier molecular flexibility index (Phi) is 4.90. The van der Waals surface area contributed by atoms with Crippen molar-refractivity contribution in [3.63, 3.8) is 0 Å². The van der Waals surface area contributed by atoms with Crippen LogP contribution in [-0.2, 0) is 11.2 Å². The van der Waals surface area contributed by atoms with Gasteiger partial charge in [-0.1, -0.05) is 17.9 Å². The van der Waals surface area contributed by atoms with Crippen LogP contribution in [0.2, 0.25) is 0 Å². The highest BCUT2D eigenvalue weighted by Crippen LogP contribution is 2.29. The number of hydrogen-bond acceptors (Lipinski definition) is 3. The first-order valence-electron chi connectivity index (χ1n) is 9.54. The van der Waals surface area contributed by atoms with Crippen LogP contribution in [0.25, 0.3) is 5.70 Å².